The third-order valence-corrected chi connectivity index (χ3v) is 6.54. The van der Waals surface area contributed by atoms with Gasteiger partial charge in [0.2, 0.25) is 15.9 Å². The number of benzene rings is 2. The normalized spacial score (nSPS) is 13.8. The van der Waals surface area contributed by atoms with Crippen molar-refractivity contribution in [1.29, 1.82) is 0 Å². The quantitative estimate of drug-likeness (QED) is 0.612. The molecule has 2 aromatic carbocycles. The maximum absolute atomic E-state index is 12.7. The van der Waals surface area contributed by atoms with E-state index in [1.54, 1.807) is 30.3 Å². The summed E-state index contributed by atoms with van der Waals surface area (Å²) in [6.07, 6.45) is 0.939. The molecule has 0 saturated heterocycles. The van der Waals surface area contributed by atoms with Crippen molar-refractivity contribution in [3.63, 3.8) is 0 Å². The van der Waals surface area contributed by atoms with Crippen LogP contribution in [0.4, 0.5) is 5.69 Å². The third-order valence-electron chi connectivity index (χ3n) is 4.74. The molecule has 148 valence electrons. The maximum Gasteiger partial charge on any atom is 0.326 e. The molecule has 8 heteroatoms. The number of nitrogens with one attached hydrogen (secondary N) is 1. The molecule has 0 radical (unpaired) electrons. The first-order chi connectivity index (χ1) is 13.2. The van der Waals surface area contributed by atoms with E-state index in [9.17, 15) is 18.0 Å². The molecule has 7 nitrogen and oxygen atoms in total. The van der Waals surface area contributed by atoms with Crippen LogP contribution in [0.25, 0.3) is 0 Å². The van der Waals surface area contributed by atoms with Crippen LogP contribution in [0.1, 0.15) is 23.1 Å². The van der Waals surface area contributed by atoms with E-state index in [4.69, 9.17) is 4.74 Å². The Labute approximate surface area is 164 Å². The van der Waals surface area contributed by atoms with E-state index < -0.39 is 22.5 Å². The van der Waals surface area contributed by atoms with Gasteiger partial charge in [0.1, 0.15) is 12.3 Å². The van der Waals surface area contributed by atoms with Crippen molar-refractivity contribution in [3.05, 3.63) is 53.1 Å². The Bertz CT molecular complexity index is 1050. The highest BCUT2D eigenvalue weighted by molar-refractivity contribution is 7.89. The highest BCUT2D eigenvalue weighted by atomic mass is 32.2. The number of carbonyl (C=O) groups excluding carboxylic acids is 2. The summed E-state index contributed by atoms with van der Waals surface area (Å²) in [5.74, 6) is -0.415. The molecular formula is C20H22N2O5S. The summed E-state index contributed by atoms with van der Waals surface area (Å²) in [6, 6.07) is 9.77. The smallest absolute Gasteiger partial charge is 0.326 e. The number of amides is 1. The van der Waals surface area contributed by atoms with Gasteiger partial charge >= 0.3 is 5.97 Å². The number of fused-ring (bicyclic) bond motifs is 1. The Morgan fingerprint density at radius 1 is 1.11 bits per heavy atom. The van der Waals surface area contributed by atoms with E-state index in [0.717, 1.165) is 21.0 Å². The summed E-state index contributed by atoms with van der Waals surface area (Å²) in [5.41, 5.74) is 3.43. The van der Waals surface area contributed by atoms with Gasteiger partial charge in [-0.1, -0.05) is 6.07 Å². The second kappa shape index (κ2) is 7.73. The van der Waals surface area contributed by atoms with Crippen molar-refractivity contribution in [2.24, 2.45) is 0 Å². The third kappa shape index (κ3) is 4.23. The molecule has 0 fully saturated rings. The molecule has 1 amide bonds. The van der Waals surface area contributed by atoms with E-state index in [-0.39, 0.29) is 10.8 Å². The van der Waals surface area contributed by atoms with Gasteiger partial charge in [-0.05, 0) is 67.3 Å². The fraction of sp³-hybridized carbons (Fsp3) is 0.300. The highest BCUT2D eigenvalue weighted by Gasteiger charge is 2.24. The standard InChI is InChI=1S/C20H22N2O5S/c1-13-4-7-17(10-14(13)2)28(25,26)22(3)12-20(24)27-16-6-8-18-15(11-16)5-9-19(23)21-18/h4,6-8,10-11H,5,9,12H2,1-3H3,(H,21,23). The topological polar surface area (TPSA) is 92.8 Å². The van der Waals surface area contributed by atoms with Gasteiger partial charge in [0.15, 0.2) is 0 Å². The summed E-state index contributed by atoms with van der Waals surface area (Å²) in [7, 11) is -2.46. The molecule has 2 aromatic rings. The molecule has 1 N–H and O–H groups in total. The minimum atomic E-state index is -3.80. The molecule has 3 rings (SSSR count). The van der Waals surface area contributed by atoms with E-state index in [2.05, 4.69) is 5.32 Å². The van der Waals surface area contributed by atoms with Crippen LogP contribution in [-0.2, 0) is 26.0 Å². The van der Waals surface area contributed by atoms with E-state index >= 15 is 0 Å². The van der Waals surface area contributed by atoms with Crippen molar-refractivity contribution < 1.29 is 22.7 Å². The van der Waals surface area contributed by atoms with Gasteiger partial charge in [-0.25, -0.2) is 8.42 Å². The van der Waals surface area contributed by atoms with Crippen LogP contribution < -0.4 is 10.1 Å². The predicted molar refractivity (Wildman–Crippen MR) is 105 cm³/mol. The Kier molecular flexibility index (Phi) is 5.53. The lowest BCUT2D eigenvalue weighted by Gasteiger charge is -2.19. The monoisotopic (exact) mass is 402 g/mol. The summed E-state index contributed by atoms with van der Waals surface area (Å²) in [4.78, 5) is 23.8. The van der Waals surface area contributed by atoms with Crippen LogP contribution in [0, 0.1) is 13.8 Å². The second-order valence-corrected chi connectivity index (χ2v) is 8.89. The fourth-order valence-corrected chi connectivity index (χ4v) is 4.11. The van der Waals surface area contributed by atoms with Crippen molar-refractivity contribution in [3.8, 4) is 5.75 Å². The molecular weight excluding hydrogens is 380 g/mol. The lowest BCUT2D eigenvalue weighted by atomic mass is 10.0. The number of aryl methyl sites for hydroxylation is 3. The molecule has 0 spiro atoms. The average Bonchev–Trinajstić information content (AvgIpc) is 2.63. The maximum atomic E-state index is 12.7. The largest absolute Gasteiger partial charge is 0.426 e. The molecule has 1 aliphatic heterocycles. The minimum Gasteiger partial charge on any atom is -0.426 e. The van der Waals surface area contributed by atoms with Gasteiger partial charge in [0.05, 0.1) is 4.90 Å². The fourth-order valence-electron chi connectivity index (χ4n) is 2.91. The summed E-state index contributed by atoms with van der Waals surface area (Å²) >= 11 is 0. The van der Waals surface area contributed by atoms with E-state index in [0.29, 0.717) is 24.3 Å². The van der Waals surface area contributed by atoms with Gasteiger partial charge in [0.25, 0.3) is 0 Å². The van der Waals surface area contributed by atoms with Crippen LogP contribution in [0.3, 0.4) is 0 Å². The molecule has 0 bridgehead atoms. The number of carbonyl (C=O) groups is 2. The molecule has 0 unspecified atom stereocenters. The Morgan fingerprint density at radius 3 is 2.57 bits per heavy atom. The lowest BCUT2D eigenvalue weighted by Crippen LogP contribution is -2.34. The zero-order valence-electron chi connectivity index (χ0n) is 16.0. The molecule has 1 aliphatic rings. The molecule has 0 atom stereocenters. The van der Waals surface area contributed by atoms with Crippen LogP contribution in [0.2, 0.25) is 0 Å². The van der Waals surface area contributed by atoms with Gasteiger partial charge in [-0.2, -0.15) is 4.31 Å². The number of hydrogen-bond donors (Lipinski definition) is 1. The highest BCUT2D eigenvalue weighted by Crippen LogP contribution is 2.27. The van der Waals surface area contributed by atoms with Crippen LogP contribution in [0.5, 0.6) is 5.75 Å². The van der Waals surface area contributed by atoms with Crippen LogP contribution in [0.15, 0.2) is 41.3 Å². The number of hydrogen-bond acceptors (Lipinski definition) is 5. The van der Waals surface area contributed by atoms with Crippen molar-refractivity contribution in [2.45, 2.75) is 31.6 Å². The van der Waals surface area contributed by atoms with Gasteiger partial charge in [0, 0.05) is 19.2 Å². The van der Waals surface area contributed by atoms with Gasteiger partial charge in [-0.3, -0.25) is 9.59 Å². The van der Waals surface area contributed by atoms with Gasteiger partial charge in [-0.15, -0.1) is 0 Å². The first kappa shape index (κ1) is 20.0. The Hall–Kier alpha value is -2.71. The number of anilines is 1. The number of likely N-dealkylation sites (N-methyl/N-ethyl adjacent to an activating group) is 1. The number of nitrogens with zero attached hydrogens (tertiary/aromatic N) is 1. The summed E-state index contributed by atoms with van der Waals surface area (Å²) in [5, 5.41) is 2.75. The average molecular weight is 402 g/mol. The minimum absolute atomic E-state index is 0.0459. The van der Waals surface area contributed by atoms with E-state index in [1.165, 1.54) is 13.1 Å². The van der Waals surface area contributed by atoms with Crippen molar-refractivity contribution in [1.82, 2.24) is 4.31 Å². The molecule has 28 heavy (non-hydrogen) atoms. The predicted octanol–water partition coefficient (Wildman–Crippen LogP) is 2.41. The number of rotatable bonds is 5. The van der Waals surface area contributed by atoms with E-state index in [1.807, 2.05) is 13.8 Å². The van der Waals surface area contributed by atoms with Crippen LogP contribution in [-0.4, -0.2) is 38.2 Å². The summed E-state index contributed by atoms with van der Waals surface area (Å²) < 4.78 is 31.6. The molecule has 0 saturated carbocycles. The zero-order chi connectivity index (χ0) is 20.5. The SMILES string of the molecule is Cc1ccc(S(=O)(=O)N(C)CC(=O)Oc2ccc3c(c2)CCC(=O)N3)cc1C. The molecule has 0 aromatic heterocycles. The number of esters is 1. The Morgan fingerprint density at radius 2 is 1.86 bits per heavy atom. The number of sulfonamides is 1. The van der Waals surface area contributed by atoms with Crippen molar-refractivity contribution in [2.75, 3.05) is 18.9 Å². The summed E-state index contributed by atoms with van der Waals surface area (Å²) in [6.45, 7) is 3.32. The lowest BCUT2D eigenvalue weighted by molar-refractivity contribution is -0.134. The van der Waals surface area contributed by atoms with Gasteiger partial charge < -0.3 is 10.1 Å². The first-order valence-electron chi connectivity index (χ1n) is 8.84. The zero-order valence-corrected chi connectivity index (χ0v) is 16.8. The van der Waals surface area contributed by atoms with Crippen LogP contribution >= 0.6 is 0 Å². The molecule has 0 aliphatic carbocycles. The number of ether oxygens (including phenoxy) is 1. The molecule has 1 heterocycles. The Balaban J connectivity index is 1.68. The second-order valence-electron chi connectivity index (χ2n) is 6.85. The first-order valence-corrected chi connectivity index (χ1v) is 10.3. The van der Waals surface area contributed by atoms with Crippen molar-refractivity contribution >= 4 is 27.6 Å².